The van der Waals surface area contributed by atoms with E-state index in [-0.39, 0.29) is 0 Å². The van der Waals surface area contributed by atoms with Crippen LogP contribution in [0.2, 0.25) is 0 Å². The lowest BCUT2D eigenvalue weighted by atomic mass is 9.97. The normalized spacial score (nSPS) is 10.8. The second-order valence-electron chi connectivity index (χ2n) is 5.55. The van der Waals surface area contributed by atoms with Crippen LogP contribution in [0.5, 0.6) is 0 Å². The molecule has 0 aliphatic heterocycles. The Hall–Kier alpha value is -3.00. The molecule has 0 atom stereocenters. The van der Waals surface area contributed by atoms with E-state index in [4.69, 9.17) is 4.98 Å². The van der Waals surface area contributed by atoms with Gasteiger partial charge in [0.15, 0.2) is 0 Å². The minimum atomic E-state index is 0.793. The first kappa shape index (κ1) is 13.6. The number of benzene rings is 3. The van der Waals surface area contributed by atoms with Gasteiger partial charge in [-0.25, -0.2) is 9.97 Å². The van der Waals surface area contributed by atoms with Crippen LogP contribution in [0.15, 0.2) is 78.9 Å². The van der Waals surface area contributed by atoms with Crippen LogP contribution in [0.25, 0.3) is 33.3 Å². The number of rotatable bonds is 2. The summed E-state index contributed by atoms with van der Waals surface area (Å²) in [5.41, 5.74) is 5.45. The Morgan fingerprint density at radius 2 is 1.26 bits per heavy atom. The molecule has 0 aliphatic carbocycles. The zero-order valence-electron chi connectivity index (χ0n) is 12.9. The van der Waals surface area contributed by atoms with Gasteiger partial charge in [-0.3, -0.25) is 0 Å². The SMILES string of the molecule is Cc1nc(-c2ccccc2)c2c(-c3ccccc3)cccc2n1. The van der Waals surface area contributed by atoms with Crippen molar-refractivity contribution >= 4 is 10.9 Å². The fourth-order valence-corrected chi connectivity index (χ4v) is 2.96. The highest BCUT2D eigenvalue weighted by molar-refractivity contribution is 6.03. The van der Waals surface area contributed by atoms with E-state index < -0.39 is 0 Å². The Labute approximate surface area is 135 Å². The molecule has 1 heterocycles. The maximum atomic E-state index is 4.75. The van der Waals surface area contributed by atoms with Gasteiger partial charge in [0.25, 0.3) is 0 Å². The zero-order chi connectivity index (χ0) is 15.6. The maximum absolute atomic E-state index is 4.75. The van der Waals surface area contributed by atoms with E-state index in [1.807, 2.05) is 31.2 Å². The van der Waals surface area contributed by atoms with Gasteiger partial charge in [0.05, 0.1) is 11.2 Å². The quantitative estimate of drug-likeness (QED) is 0.503. The molecule has 0 spiro atoms. The predicted molar refractivity (Wildman–Crippen MR) is 95.1 cm³/mol. The van der Waals surface area contributed by atoms with Crippen LogP contribution in [-0.2, 0) is 0 Å². The molecular formula is C21H16N2. The lowest BCUT2D eigenvalue weighted by Crippen LogP contribution is -1.95. The fourth-order valence-electron chi connectivity index (χ4n) is 2.96. The summed E-state index contributed by atoms with van der Waals surface area (Å²) in [5, 5.41) is 1.11. The van der Waals surface area contributed by atoms with E-state index in [0.717, 1.165) is 28.0 Å². The van der Waals surface area contributed by atoms with Gasteiger partial charge in [-0.15, -0.1) is 0 Å². The first-order valence-electron chi connectivity index (χ1n) is 7.71. The van der Waals surface area contributed by atoms with Crippen LogP contribution in [0.1, 0.15) is 5.82 Å². The van der Waals surface area contributed by atoms with Crippen molar-refractivity contribution in [1.29, 1.82) is 0 Å². The van der Waals surface area contributed by atoms with Gasteiger partial charge in [0.1, 0.15) is 5.82 Å². The summed E-state index contributed by atoms with van der Waals surface area (Å²) in [6, 6.07) is 27.0. The Kier molecular flexibility index (Phi) is 3.35. The third-order valence-electron chi connectivity index (χ3n) is 3.97. The molecule has 0 amide bonds. The second kappa shape index (κ2) is 5.65. The molecule has 1 aromatic heterocycles. The van der Waals surface area contributed by atoms with E-state index in [2.05, 4.69) is 59.6 Å². The molecule has 0 saturated carbocycles. The summed E-state index contributed by atoms with van der Waals surface area (Å²) in [7, 11) is 0. The van der Waals surface area contributed by atoms with Crippen LogP contribution in [0.4, 0.5) is 0 Å². The number of nitrogens with zero attached hydrogens (tertiary/aromatic N) is 2. The van der Waals surface area contributed by atoms with Crippen molar-refractivity contribution < 1.29 is 0 Å². The average Bonchev–Trinajstić information content (AvgIpc) is 2.62. The van der Waals surface area contributed by atoms with Crippen molar-refractivity contribution in [3.63, 3.8) is 0 Å². The van der Waals surface area contributed by atoms with Crippen molar-refractivity contribution in [2.24, 2.45) is 0 Å². The average molecular weight is 296 g/mol. The highest BCUT2D eigenvalue weighted by Crippen LogP contribution is 2.34. The first-order valence-corrected chi connectivity index (χ1v) is 7.71. The number of aromatic nitrogens is 2. The molecule has 23 heavy (non-hydrogen) atoms. The van der Waals surface area contributed by atoms with Crippen LogP contribution >= 0.6 is 0 Å². The van der Waals surface area contributed by atoms with Gasteiger partial charge in [0, 0.05) is 10.9 Å². The third-order valence-corrected chi connectivity index (χ3v) is 3.97. The maximum Gasteiger partial charge on any atom is 0.126 e. The van der Waals surface area contributed by atoms with Gasteiger partial charge in [-0.05, 0) is 24.1 Å². The molecular weight excluding hydrogens is 280 g/mol. The molecule has 0 saturated heterocycles. The second-order valence-corrected chi connectivity index (χ2v) is 5.55. The monoisotopic (exact) mass is 296 g/mol. The Morgan fingerprint density at radius 1 is 0.609 bits per heavy atom. The van der Waals surface area contributed by atoms with Crippen molar-refractivity contribution in [3.05, 3.63) is 84.7 Å². The van der Waals surface area contributed by atoms with E-state index in [9.17, 15) is 0 Å². The fraction of sp³-hybridized carbons (Fsp3) is 0.0476. The minimum absolute atomic E-state index is 0.793. The van der Waals surface area contributed by atoms with E-state index in [1.165, 1.54) is 11.1 Å². The summed E-state index contributed by atoms with van der Waals surface area (Å²) in [5.74, 6) is 0.793. The standard InChI is InChI=1S/C21H16N2/c1-15-22-19-14-8-13-18(16-9-4-2-5-10-16)20(19)21(23-15)17-11-6-3-7-12-17/h2-14H,1H3. The van der Waals surface area contributed by atoms with E-state index >= 15 is 0 Å². The Balaban J connectivity index is 2.10. The molecule has 2 nitrogen and oxygen atoms in total. The zero-order valence-corrected chi connectivity index (χ0v) is 12.9. The molecule has 3 aromatic carbocycles. The smallest absolute Gasteiger partial charge is 0.126 e. The van der Waals surface area contributed by atoms with Crippen LogP contribution < -0.4 is 0 Å². The topological polar surface area (TPSA) is 25.8 Å². The molecule has 4 rings (SSSR count). The summed E-state index contributed by atoms with van der Waals surface area (Å²) in [6.45, 7) is 1.95. The van der Waals surface area contributed by atoms with E-state index in [0.29, 0.717) is 0 Å². The third kappa shape index (κ3) is 2.49. The van der Waals surface area contributed by atoms with Gasteiger partial charge in [-0.2, -0.15) is 0 Å². The molecule has 4 aromatic rings. The highest BCUT2D eigenvalue weighted by Gasteiger charge is 2.13. The highest BCUT2D eigenvalue weighted by atomic mass is 14.9. The lowest BCUT2D eigenvalue weighted by Gasteiger charge is -2.12. The number of hydrogen-bond donors (Lipinski definition) is 0. The van der Waals surface area contributed by atoms with Crippen molar-refractivity contribution in [2.45, 2.75) is 6.92 Å². The van der Waals surface area contributed by atoms with Crippen molar-refractivity contribution in [2.75, 3.05) is 0 Å². The minimum Gasteiger partial charge on any atom is -0.233 e. The molecule has 0 bridgehead atoms. The Bertz CT molecular complexity index is 961. The van der Waals surface area contributed by atoms with E-state index in [1.54, 1.807) is 0 Å². The number of hydrogen-bond acceptors (Lipinski definition) is 2. The molecule has 0 aliphatic rings. The molecule has 0 N–H and O–H groups in total. The van der Waals surface area contributed by atoms with Crippen molar-refractivity contribution in [3.8, 4) is 22.4 Å². The van der Waals surface area contributed by atoms with Crippen molar-refractivity contribution in [1.82, 2.24) is 9.97 Å². The predicted octanol–water partition coefficient (Wildman–Crippen LogP) is 5.27. The van der Waals surface area contributed by atoms with Gasteiger partial charge >= 0.3 is 0 Å². The molecule has 0 unspecified atom stereocenters. The molecule has 2 heteroatoms. The molecule has 0 fully saturated rings. The van der Waals surface area contributed by atoms with Crippen LogP contribution in [-0.4, -0.2) is 9.97 Å². The van der Waals surface area contributed by atoms with Gasteiger partial charge in [-0.1, -0.05) is 72.8 Å². The van der Waals surface area contributed by atoms with Gasteiger partial charge < -0.3 is 0 Å². The molecule has 0 radical (unpaired) electrons. The summed E-state index contributed by atoms with van der Waals surface area (Å²) >= 11 is 0. The summed E-state index contributed by atoms with van der Waals surface area (Å²) < 4.78 is 0. The molecule has 110 valence electrons. The number of fused-ring (bicyclic) bond motifs is 1. The van der Waals surface area contributed by atoms with Gasteiger partial charge in [0.2, 0.25) is 0 Å². The summed E-state index contributed by atoms with van der Waals surface area (Å²) in [6.07, 6.45) is 0. The first-order chi connectivity index (χ1) is 11.3. The Morgan fingerprint density at radius 3 is 1.96 bits per heavy atom. The number of aryl methyl sites for hydroxylation is 1. The van der Waals surface area contributed by atoms with Crippen LogP contribution in [0, 0.1) is 6.92 Å². The largest absolute Gasteiger partial charge is 0.233 e. The van der Waals surface area contributed by atoms with Crippen LogP contribution in [0.3, 0.4) is 0 Å². The summed E-state index contributed by atoms with van der Waals surface area (Å²) in [4.78, 5) is 9.38. The lowest BCUT2D eigenvalue weighted by molar-refractivity contribution is 1.10.